The molecule has 1 atom stereocenters. The van der Waals surface area contributed by atoms with Crippen molar-refractivity contribution < 1.29 is 22.7 Å². The molecule has 4 aromatic rings. The number of carbonyl (C=O) groups excluding carboxylic acids is 1. The molecule has 3 aromatic heterocycles. The van der Waals surface area contributed by atoms with E-state index in [2.05, 4.69) is 25.1 Å². The number of aromatic nitrogens is 5. The summed E-state index contributed by atoms with van der Waals surface area (Å²) in [6.07, 6.45) is -1.51. The number of halogens is 3. The molecule has 0 fully saturated rings. The molecule has 0 radical (unpaired) electrons. The van der Waals surface area contributed by atoms with Crippen LogP contribution >= 0.6 is 0 Å². The molecule has 184 valence electrons. The van der Waals surface area contributed by atoms with Crippen LogP contribution in [0.25, 0.3) is 10.9 Å². The van der Waals surface area contributed by atoms with Crippen LogP contribution in [0.15, 0.2) is 48.8 Å². The zero-order valence-electron chi connectivity index (χ0n) is 19.0. The molecule has 5 rings (SSSR count). The van der Waals surface area contributed by atoms with Gasteiger partial charge in [-0.1, -0.05) is 0 Å². The number of hydrogen-bond acceptors (Lipinski definition) is 8. The van der Waals surface area contributed by atoms with Gasteiger partial charge in [-0.2, -0.15) is 18.3 Å². The van der Waals surface area contributed by atoms with Crippen molar-refractivity contribution in [3.05, 3.63) is 82.7 Å². The van der Waals surface area contributed by atoms with E-state index in [1.165, 1.54) is 11.0 Å². The lowest BCUT2D eigenvalue weighted by molar-refractivity contribution is -0.141. The molecular formula is C24H20F3N7O2. The number of nitrogen functional groups attached to an aromatic ring is 1. The Morgan fingerprint density at radius 3 is 2.56 bits per heavy atom. The van der Waals surface area contributed by atoms with Gasteiger partial charge in [0.05, 0.1) is 37.0 Å². The summed E-state index contributed by atoms with van der Waals surface area (Å²) < 4.78 is 44.3. The third-order valence-electron chi connectivity index (χ3n) is 6.01. The molecule has 0 bridgehead atoms. The van der Waals surface area contributed by atoms with Gasteiger partial charge in [-0.3, -0.25) is 4.79 Å². The second kappa shape index (κ2) is 9.11. The van der Waals surface area contributed by atoms with E-state index in [1.807, 2.05) is 0 Å². The van der Waals surface area contributed by atoms with Gasteiger partial charge in [-0.05, 0) is 48.9 Å². The van der Waals surface area contributed by atoms with Gasteiger partial charge in [-0.25, -0.2) is 15.0 Å². The van der Waals surface area contributed by atoms with Crippen LogP contribution in [-0.2, 0) is 30.7 Å². The largest absolute Gasteiger partial charge is 0.435 e. The number of carbonyl (C=O) groups is 1. The number of ether oxygens (including phenoxy) is 1. The standard InChI is InChI=1S/C24H20F3N7O2/c1-13(22-29-7-2-8-30-22)34(10-15-4-6-20(33-32-15)24(25,26)27)23(35)14-3-5-19-16(9-14)17-11-36-12-18(17)21(28)31-19/h2-9,13H,10-12H2,1H3,(H2,28,31)/t13-/m0/s1. The fourth-order valence-electron chi connectivity index (χ4n) is 4.09. The summed E-state index contributed by atoms with van der Waals surface area (Å²) in [5, 5.41) is 7.73. The summed E-state index contributed by atoms with van der Waals surface area (Å²) >= 11 is 0. The van der Waals surface area contributed by atoms with Gasteiger partial charge in [0.1, 0.15) is 11.6 Å². The van der Waals surface area contributed by atoms with Gasteiger partial charge in [-0.15, -0.1) is 5.10 Å². The summed E-state index contributed by atoms with van der Waals surface area (Å²) in [6, 6.07) is 8.13. The van der Waals surface area contributed by atoms with Crippen LogP contribution in [0.5, 0.6) is 0 Å². The minimum atomic E-state index is -4.61. The van der Waals surface area contributed by atoms with E-state index < -0.39 is 17.9 Å². The maximum atomic E-state index is 13.8. The maximum Gasteiger partial charge on any atom is 0.435 e. The summed E-state index contributed by atoms with van der Waals surface area (Å²) in [5.41, 5.74) is 7.79. The summed E-state index contributed by atoms with van der Waals surface area (Å²) in [5.74, 6) is 0.379. The highest BCUT2D eigenvalue weighted by Crippen LogP contribution is 2.32. The van der Waals surface area contributed by atoms with Gasteiger partial charge < -0.3 is 15.4 Å². The van der Waals surface area contributed by atoms with E-state index in [-0.39, 0.29) is 18.1 Å². The van der Waals surface area contributed by atoms with Crippen molar-refractivity contribution in [1.29, 1.82) is 0 Å². The third kappa shape index (κ3) is 4.42. The normalized spacial score (nSPS) is 14.0. The molecule has 1 aliphatic rings. The molecule has 0 saturated heterocycles. The molecule has 1 amide bonds. The highest BCUT2D eigenvalue weighted by molar-refractivity contribution is 5.99. The number of anilines is 1. The van der Waals surface area contributed by atoms with E-state index >= 15 is 0 Å². The van der Waals surface area contributed by atoms with Crippen molar-refractivity contribution in [2.45, 2.75) is 38.9 Å². The Hall–Kier alpha value is -4.19. The number of nitrogens with zero attached hydrogens (tertiary/aromatic N) is 6. The molecule has 0 spiro atoms. The Morgan fingerprint density at radius 2 is 1.86 bits per heavy atom. The second-order valence-electron chi connectivity index (χ2n) is 8.30. The summed E-state index contributed by atoms with van der Waals surface area (Å²) in [7, 11) is 0. The van der Waals surface area contributed by atoms with Crippen LogP contribution in [0, 0.1) is 0 Å². The topological polar surface area (TPSA) is 120 Å². The number of nitrogens with two attached hydrogens (primary N) is 1. The van der Waals surface area contributed by atoms with E-state index in [1.54, 1.807) is 43.6 Å². The van der Waals surface area contributed by atoms with Crippen molar-refractivity contribution in [2.75, 3.05) is 5.73 Å². The first kappa shape index (κ1) is 23.5. The van der Waals surface area contributed by atoms with E-state index in [4.69, 9.17) is 10.5 Å². The number of benzene rings is 1. The number of pyridine rings is 1. The Labute approximate surface area is 203 Å². The van der Waals surface area contributed by atoms with E-state index in [9.17, 15) is 18.0 Å². The smallest absolute Gasteiger partial charge is 0.383 e. The van der Waals surface area contributed by atoms with Gasteiger partial charge >= 0.3 is 6.18 Å². The molecule has 12 heteroatoms. The molecule has 1 aliphatic heterocycles. The van der Waals surface area contributed by atoms with Crippen LogP contribution in [0.1, 0.15) is 51.7 Å². The van der Waals surface area contributed by atoms with E-state index in [0.717, 1.165) is 22.6 Å². The van der Waals surface area contributed by atoms with Crippen molar-refractivity contribution >= 4 is 22.6 Å². The molecule has 0 unspecified atom stereocenters. The van der Waals surface area contributed by atoms with Crippen LogP contribution in [0.4, 0.5) is 19.0 Å². The van der Waals surface area contributed by atoms with Crippen LogP contribution < -0.4 is 5.73 Å². The van der Waals surface area contributed by atoms with Crippen molar-refractivity contribution in [1.82, 2.24) is 30.0 Å². The number of hydrogen-bond donors (Lipinski definition) is 1. The van der Waals surface area contributed by atoms with Crippen molar-refractivity contribution in [3.8, 4) is 0 Å². The lowest BCUT2D eigenvalue weighted by Gasteiger charge is -2.28. The summed E-state index contributed by atoms with van der Waals surface area (Å²) in [6.45, 7) is 2.33. The molecule has 36 heavy (non-hydrogen) atoms. The van der Waals surface area contributed by atoms with E-state index in [0.29, 0.717) is 35.9 Å². The Kier molecular flexibility index (Phi) is 5.96. The van der Waals surface area contributed by atoms with Gasteiger partial charge in [0.25, 0.3) is 5.91 Å². The minimum absolute atomic E-state index is 0.108. The first-order valence-corrected chi connectivity index (χ1v) is 11.0. The number of fused-ring (bicyclic) bond motifs is 3. The lowest BCUT2D eigenvalue weighted by atomic mass is 10.0. The van der Waals surface area contributed by atoms with Crippen molar-refractivity contribution in [2.24, 2.45) is 0 Å². The predicted molar refractivity (Wildman–Crippen MR) is 122 cm³/mol. The second-order valence-corrected chi connectivity index (χ2v) is 8.30. The van der Waals surface area contributed by atoms with Gasteiger partial charge in [0, 0.05) is 28.9 Å². The first-order valence-electron chi connectivity index (χ1n) is 11.0. The molecule has 1 aromatic carbocycles. The molecule has 4 heterocycles. The molecule has 0 saturated carbocycles. The van der Waals surface area contributed by atoms with Gasteiger partial charge in [0.15, 0.2) is 5.69 Å². The quantitative estimate of drug-likeness (QED) is 0.443. The molecule has 2 N–H and O–H groups in total. The predicted octanol–water partition coefficient (Wildman–Crippen LogP) is 3.85. The van der Waals surface area contributed by atoms with Gasteiger partial charge in [0.2, 0.25) is 0 Å². The average Bonchev–Trinajstić information content (AvgIpc) is 3.38. The first-order chi connectivity index (χ1) is 17.2. The third-order valence-corrected chi connectivity index (χ3v) is 6.01. The fourth-order valence-corrected chi connectivity index (χ4v) is 4.09. The fraction of sp³-hybridized carbons (Fsp3) is 0.250. The minimum Gasteiger partial charge on any atom is -0.383 e. The Bertz CT molecular complexity index is 1430. The highest BCUT2D eigenvalue weighted by Gasteiger charge is 2.33. The lowest BCUT2D eigenvalue weighted by Crippen LogP contribution is -2.34. The van der Waals surface area contributed by atoms with Crippen molar-refractivity contribution in [3.63, 3.8) is 0 Å². The SMILES string of the molecule is C[C@@H](c1ncccn1)N(Cc1ccc(C(F)(F)F)nn1)C(=O)c1ccc2nc(N)c3c(c2c1)COC3. The number of rotatable bonds is 5. The average molecular weight is 495 g/mol. The Morgan fingerprint density at radius 1 is 1.11 bits per heavy atom. The Balaban J connectivity index is 1.53. The zero-order valence-corrected chi connectivity index (χ0v) is 19.0. The molecular weight excluding hydrogens is 475 g/mol. The molecule has 0 aliphatic carbocycles. The highest BCUT2D eigenvalue weighted by atomic mass is 19.4. The van der Waals surface area contributed by atoms with Crippen LogP contribution in [-0.4, -0.2) is 36.0 Å². The monoisotopic (exact) mass is 495 g/mol. The van der Waals surface area contributed by atoms with Crippen LogP contribution in [0.2, 0.25) is 0 Å². The van der Waals surface area contributed by atoms with Crippen LogP contribution in [0.3, 0.4) is 0 Å². The maximum absolute atomic E-state index is 13.8. The number of amides is 1. The zero-order chi connectivity index (χ0) is 25.4. The summed E-state index contributed by atoms with van der Waals surface area (Å²) in [4.78, 5) is 28.1. The number of alkyl halides is 3. The molecule has 9 nitrogen and oxygen atoms in total.